The first-order valence-electron chi connectivity index (χ1n) is 7.52. The number of aromatic carboxylic acids is 1. The minimum Gasteiger partial charge on any atom is -0.491 e. The Balaban J connectivity index is 1.76. The fourth-order valence-electron chi connectivity index (χ4n) is 2.75. The average molecular weight is 309 g/mol. The molecule has 1 saturated carbocycles. The standard InChI is InChI=1S/C16H23NO3S/c1-2-21-15-9-5-7-13(15)17-10-11-20-14-8-4-3-6-12(14)16(18)19/h3-4,6,8,13,15,17H,2,5,7,9-11H2,1H3,(H,18,19). The summed E-state index contributed by atoms with van der Waals surface area (Å²) in [5, 5.41) is 13.3. The van der Waals surface area contributed by atoms with Gasteiger partial charge >= 0.3 is 5.97 Å². The van der Waals surface area contributed by atoms with E-state index in [-0.39, 0.29) is 5.56 Å². The second-order valence-electron chi connectivity index (χ2n) is 5.14. The Morgan fingerprint density at radius 2 is 2.24 bits per heavy atom. The van der Waals surface area contributed by atoms with Crippen LogP contribution < -0.4 is 10.1 Å². The highest BCUT2D eigenvalue weighted by atomic mass is 32.2. The molecule has 5 heteroatoms. The SMILES string of the molecule is CCSC1CCCC1NCCOc1ccccc1C(=O)O. The summed E-state index contributed by atoms with van der Waals surface area (Å²) in [5.41, 5.74) is 0.220. The Kier molecular flexibility index (Phi) is 6.39. The molecule has 0 amide bonds. The summed E-state index contributed by atoms with van der Waals surface area (Å²) in [6.45, 7) is 3.44. The maximum atomic E-state index is 11.1. The van der Waals surface area contributed by atoms with Crippen LogP contribution in [-0.2, 0) is 0 Å². The average Bonchev–Trinajstić information content (AvgIpc) is 2.92. The third kappa shape index (κ3) is 4.64. The molecule has 0 bridgehead atoms. The molecule has 0 radical (unpaired) electrons. The van der Waals surface area contributed by atoms with Crippen LogP contribution in [0.15, 0.2) is 24.3 Å². The van der Waals surface area contributed by atoms with Crippen molar-refractivity contribution in [3.63, 3.8) is 0 Å². The number of carbonyl (C=O) groups is 1. The van der Waals surface area contributed by atoms with Crippen molar-refractivity contribution in [2.75, 3.05) is 18.9 Å². The highest BCUT2D eigenvalue weighted by Crippen LogP contribution is 2.29. The molecule has 2 rings (SSSR count). The van der Waals surface area contributed by atoms with Gasteiger partial charge < -0.3 is 15.2 Å². The van der Waals surface area contributed by atoms with Crippen molar-refractivity contribution in [1.82, 2.24) is 5.32 Å². The van der Waals surface area contributed by atoms with Gasteiger partial charge in [0, 0.05) is 17.8 Å². The number of carboxylic acid groups (broad SMARTS) is 1. The fraction of sp³-hybridized carbons (Fsp3) is 0.562. The van der Waals surface area contributed by atoms with Crippen LogP contribution in [0.4, 0.5) is 0 Å². The van der Waals surface area contributed by atoms with E-state index in [0.717, 1.165) is 12.3 Å². The zero-order chi connectivity index (χ0) is 15.1. The van der Waals surface area contributed by atoms with Crippen molar-refractivity contribution in [3.05, 3.63) is 29.8 Å². The van der Waals surface area contributed by atoms with Crippen LogP contribution in [0.1, 0.15) is 36.5 Å². The number of thioether (sulfide) groups is 1. The molecule has 0 saturated heterocycles. The Labute approximate surface area is 130 Å². The van der Waals surface area contributed by atoms with Crippen molar-refractivity contribution in [2.45, 2.75) is 37.5 Å². The second kappa shape index (κ2) is 8.29. The van der Waals surface area contributed by atoms with Crippen LogP contribution in [0.2, 0.25) is 0 Å². The topological polar surface area (TPSA) is 58.6 Å². The van der Waals surface area contributed by atoms with Crippen LogP contribution in [-0.4, -0.2) is 41.3 Å². The molecule has 2 N–H and O–H groups in total. The summed E-state index contributed by atoms with van der Waals surface area (Å²) >= 11 is 2.03. The van der Waals surface area contributed by atoms with Crippen LogP contribution in [0, 0.1) is 0 Å². The zero-order valence-corrected chi connectivity index (χ0v) is 13.2. The summed E-state index contributed by atoms with van der Waals surface area (Å²) in [7, 11) is 0. The molecule has 1 aliphatic carbocycles. The summed E-state index contributed by atoms with van der Waals surface area (Å²) in [4.78, 5) is 11.1. The van der Waals surface area contributed by atoms with Gasteiger partial charge in [-0.15, -0.1) is 0 Å². The third-order valence-corrected chi connectivity index (χ3v) is 5.04. The van der Waals surface area contributed by atoms with Gasteiger partial charge in [0.15, 0.2) is 0 Å². The molecular formula is C16H23NO3S. The van der Waals surface area contributed by atoms with E-state index in [9.17, 15) is 4.79 Å². The number of benzene rings is 1. The van der Waals surface area contributed by atoms with Crippen molar-refractivity contribution in [2.24, 2.45) is 0 Å². The molecule has 1 aromatic rings. The smallest absolute Gasteiger partial charge is 0.339 e. The molecule has 2 atom stereocenters. The van der Waals surface area contributed by atoms with Gasteiger partial charge in [0.25, 0.3) is 0 Å². The summed E-state index contributed by atoms with van der Waals surface area (Å²) < 4.78 is 5.60. The molecule has 1 fully saturated rings. The molecule has 0 spiro atoms. The molecule has 0 aliphatic heterocycles. The van der Waals surface area contributed by atoms with E-state index >= 15 is 0 Å². The minimum absolute atomic E-state index is 0.220. The lowest BCUT2D eigenvalue weighted by Crippen LogP contribution is -2.36. The Morgan fingerprint density at radius 1 is 1.43 bits per heavy atom. The number of carboxylic acids is 1. The van der Waals surface area contributed by atoms with Gasteiger partial charge in [0.1, 0.15) is 17.9 Å². The molecular weight excluding hydrogens is 286 g/mol. The highest BCUT2D eigenvalue weighted by molar-refractivity contribution is 7.99. The number of nitrogens with one attached hydrogen (secondary N) is 1. The molecule has 1 aromatic carbocycles. The summed E-state index contributed by atoms with van der Waals surface area (Å²) in [6.07, 6.45) is 3.81. The van der Waals surface area contributed by atoms with Crippen LogP contribution >= 0.6 is 11.8 Å². The second-order valence-corrected chi connectivity index (χ2v) is 6.65. The van der Waals surface area contributed by atoms with Gasteiger partial charge in [0.05, 0.1) is 0 Å². The molecule has 4 nitrogen and oxygen atoms in total. The lowest BCUT2D eigenvalue weighted by Gasteiger charge is -2.20. The Bertz CT molecular complexity index is 467. The van der Waals surface area contributed by atoms with E-state index in [1.54, 1.807) is 24.3 Å². The normalized spacial score (nSPS) is 21.4. The molecule has 0 aromatic heterocycles. The monoisotopic (exact) mass is 309 g/mol. The van der Waals surface area contributed by atoms with Crippen molar-refractivity contribution >= 4 is 17.7 Å². The van der Waals surface area contributed by atoms with Crippen molar-refractivity contribution < 1.29 is 14.6 Å². The highest BCUT2D eigenvalue weighted by Gasteiger charge is 2.26. The van der Waals surface area contributed by atoms with E-state index in [1.165, 1.54) is 19.3 Å². The Morgan fingerprint density at radius 3 is 3.00 bits per heavy atom. The third-order valence-electron chi connectivity index (χ3n) is 3.72. The molecule has 116 valence electrons. The fourth-order valence-corrected chi connectivity index (χ4v) is 3.97. The van der Waals surface area contributed by atoms with Crippen molar-refractivity contribution in [3.8, 4) is 5.75 Å². The van der Waals surface area contributed by atoms with Gasteiger partial charge in [-0.1, -0.05) is 25.5 Å². The molecule has 0 heterocycles. The first-order valence-corrected chi connectivity index (χ1v) is 8.57. The maximum Gasteiger partial charge on any atom is 0.339 e. The van der Waals surface area contributed by atoms with Gasteiger partial charge in [0.2, 0.25) is 0 Å². The first-order chi connectivity index (χ1) is 10.2. The Hall–Kier alpha value is -1.20. The lowest BCUT2D eigenvalue weighted by molar-refractivity contribution is 0.0692. The number of para-hydroxylation sites is 1. The number of ether oxygens (including phenoxy) is 1. The molecule has 21 heavy (non-hydrogen) atoms. The van der Waals surface area contributed by atoms with Crippen LogP contribution in [0.25, 0.3) is 0 Å². The van der Waals surface area contributed by atoms with Crippen LogP contribution in [0.3, 0.4) is 0 Å². The van der Waals surface area contributed by atoms with Crippen LogP contribution in [0.5, 0.6) is 5.75 Å². The van der Waals surface area contributed by atoms with Gasteiger partial charge in [-0.3, -0.25) is 0 Å². The van der Waals surface area contributed by atoms with Gasteiger partial charge in [-0.05, 0) is 30.7 Å². The predicted molar refractivity (Wildman–Crippen MR) is 86.5 cm³/mol. The minimum atomic E-state index is -0.950. The maximum absolute atomic E-state index is 11.1. The predicted octanol–water partition coefficient (Wildman–Crippen LogP) is 3.03. The van der Waals surface area contributed by atoms with Crippen molar-refractivity contribution in [1.29, 1.82) is 0 Å². The zero-order valence-electron chi connectivity index (χ0n) is 12.4. The molecule has 2 unspecified atom stereocenters. The summed E-state index contributed by atoms with van der Waals surface area (Å²) in [6, 6.07) is 7.33. The quantitative estimate of drug-likeness (QED) is 0.723. The lowest BCUT2D eigenvalue weighted by atomic mass is 10.2. The largest absolute Gasteiger partial charge is 0.491 e. The van der Waals surface area contributed by atoms with E-state index < -0.39 is 5.97 Å². The number of rotatable bonds is 8. The number of hydrogen-bond acceptors (Lipinski definition) is 4. The van der Waals surface area contributed by atoms with E-state index in [2.05, 4.69) is 12.2 Å². The first kappa shape index (κ1) is 16.2. The van der Waals surface area contributed by atoms with E-state index in [1.807, 2.05) is 11.8 Å². The van der Waals surface area contributed by atoms with Gasteiger partial charge in [-0.25, -0.2) is 4.79 Å². The van der Waals surface area contributed by atoms with E-state index in [0.29, 0.717) is 23.6 Å². The van der Waals surface area contributed by atoms with Gasteiger partial charge in [-0.2, -0.15) is 11.8 Å². The molecule has 1 aliphatic rings. The number of hydrogen-bond donors (Lipinski definition) is 2. The summed E-state index contributed by atoms with van der Waals surface area (Å²) in [5.74, 6) is 0.650. The van der Waals surface area contributed by atoms with E-state index in [4.69, 9.17) is 9.84 Å².